The maximum Gasteiger partial charge on any atom is 0.237 e. The summed E-state index contributed by atoms with van der Waals surface area (Å²) >= 11 is 7.41. The van der Waals surface area contributed by atoms with Crippen LogP contribution < -0.4 is 14.8 Å². The molecule has 0 spiro atoms. The molecule has 0 aliphatic carbocycles. The Morgan fingerprint density at radius 2 is 1.47 bits per heavy atom. The van der Waals surface area contributed by atoms with Gasteiger partial charge in [-0.1, -0.05) is 29.4 Å². The standard InChI is InChI=1S/C27H25ClN4O3S/c1-16-5-10-20(15-23(16)28)29-26(33)17(2)36-27-30-24(18-6-11-21(34-3)12-7-18)25(31-32-27)19-8-13-22(35-4)14-9-19/h5-15,17H,1-4H3,(H,29,33). The monoisotopic (exact) mass is 520 g/mol. The molecule has 1 unspecified atom stereocenters. The first-order valence-electron chi connectivity index (χ1n) is 11.1. The van der Waals surface area contributed by atoms with E-state index in [1.807, 2.05) is 67.6 Å². The highest BCUT2D eigenvalue weighted by atomic mass is 35.5. The molecule has 1 N–H and O–H groups in total. The van der Waals surface area contributed by atoms with E-state index >= 15 is 0 Å². The van der Waals surface area contributed by atoms with Gasteiger partial charge < -0.3 is 14.8 Å². The molecule has 1 aromatic heterocycles. The van der Waals surface area contributed by atoms with Gasteiger partial charge in [-0.05, 0) is 80.1 Å². The quantitative estimate of drug-likeness (QED) is 0.273. The van der Waals surface area contributed by atoms with E-state index in [1.54, 1.807) is 27.2 Å². The first-order chi connectivity index (χ1) is 17.4. The number of nitrogens with zero attached hydrogens (tertiary/aromatic N) is 3. The summed E-state index contributed by atoms with van der Waals surface area (Å²) in [6.07, 6.45) is 0. The molecule has 36 heavy (non-hydrogen) atoms. The Hall–Kier alpha value is -3.62. The molecule has 3 aromatic carbocycles. The van der Waals surface area contributed by atoms with E-state index in [0.29, 0.717) is 27.3 Å². The molecular formula is C27H25ClN4O3S. The van der Waals surface area contributed by atoms with Crippen LogP contribution in [-0.2, 0) is 4.79 Å². The third-order valence-electron chi connectivity index (χ3n) is 5.48. The van der Waals surface area contributed by atoms with E-state index in [0.717, 1.165) is 28.2 Å². The fraction of sp³-hybridized carbons (Fsp3) is 0.185. The van der Waals surface area contributed by atoms with Crippen molar-refractivity contribution in [3.8, 4) is 34.0 Å². The van der Waals surface area contributed by atoms with Gasteiger partial charge in [0.15, 0.2) is 0 Å². The van der Waals surface area contributed by atoms with Crippen LogP contribution in [0.1, 0.15) is 12.5 Å². The van der Waals surface area contributed by atoms with Crippen molar-refractivity contribution >= 4 is 35.0 Å². The van der Waals surface area contributed by atoms with Gasteiger partial charge in [-0.25, -0.2) is 4.98 Å². The molecule has 4 aromatic rings. The van der Waals surface area contributed by atoms with Crippen molar-refractivity contribution in [1.82, 2.24) is 15.2 Å². The molecule has 1 atom stereocenters. The number of carbonyl (C=O) groups is 1. The summed E-state index contributed by atoms with van der Waals surface area (Å²) in [5.41, 5.74) is 4.55. The van der Waals surface area contributed by atoms with Crippen LogP contribution in [0.2, 0.25) is 5.02 Å². The van der Waals surface area contributed by atoms with Gasteiger partial charge in [0.25, 0.3) is 0 Å². The van der Waals surface area contributed by atoms with Crippen LogP contribution in [0.3, 0.4) is 0 Å². The summed E-state index contributed by atoms with van der Waals surface area (Å²) in [4.78, 5) is 17.6. The highest BCUT2D eigenvalue weighted by molar-refractivity contribution is 8.00. The van der Waals surface area contributed by atoms with Crippen molar-refractivity contribution in [2.24, 2.45) is 0 Å². The number of hydrogen-bond donors (Lipinski definition) is 1. The Morgan fingerprint density at radius 3 is 2.03 bits per heavy atom. The average molecular weight is 521 g/mol. The van der Waals surface area contributed by atoms with Crippen LogP contribution >= 0.6 is 23.4 Å². The number of nitrogens with one attached hydrogen (secondary N) is 1. The van der Waals surface area contributed by atoms with Crippen molar-refractivity contribution in [2.75, 3.05) is 19.5 Å². The van der Waals surface area contributed by atoms with Gasteiger partial charge in [-0.2, -0.15) is 0 Å². The van der Waals surface area contributed by atoms with Crippen molar-refractivity contribution in [3.63, 3.8) is 0 Å². The predicted molar refractivity (Wildman–Crippen MR) is 144 cm³/mol. The molecule has 1 heterocycles. The number of hydrogen-bond acceptors (Lipinski definition) is 7. The van der Waals surface area contributed by atoms with Crippen LogP contribution in [0, 0.1) is 6.92 Å². The number of aryl methyl sites for hydroxylation is 1. The SMILES string of the molecule is COc1ccc(-c2nnc(SC(C)C(=O)Nc3ccc(C)c(Cl)c3)nc2-c2ccc(OC)cc2)cc1. The second-order valence-corrected chi connectivity index (χ2v) is 9.68. The third-order valence-corrected chi connectivity index (χ3v) is 6.84. The zero-order valence-corrected chi connectivity index (χ0v) is 21.9. The Kier molecular flexibility index (Phi) is 8.07. The fourth-order valence-corrected chi connectivity index (χ4v) is 4.28. The van der Waals surface area contributed by atoms with Crippen LogP contribution in [0.25, 0.3) is 22.5 Å². The summed E-state index contributed by atoms with van der Waals surface area (Å²) in [5, 5.41) is 12.2. The van der Waals surface area contributed by atoms with Gasteiger partial charge in [0.05, 0.1) is 19.5 Å². The van der Waals surface area contributed by atoms with Crippen LogP contribution in [0.5, 0.6) is 11.5 Å². The van der Waals surface area contributed by atoms with E-state index in [9.17, 15) is 4.79 Å². The summed E-state index contributed by atoms with van der Waals surface area (Å²) in [7, 11) is 3.24. The molecule has 9 heteroatoms. The van der Waals surface area contributed by atoms with Crippen molar-refractivity contribution in [1.29, 1.82) is 0 Å². The van der Waals surface area contributed by atoms with Crippen molar-refractivity contribution in [3.05, 3.63) is 77.3 Å². The Balaban J connectivity index is 1.62. The minimum absolute atomic E-state index is 0.186. The minimum atomic E-state index is -0.470. The summed E-state index contributed by atoms with van der Waals surface area (Å²) in [5.74, 6) is 1.30. The lowest BCUT2D eigenvalue weighted by Gasteiger charge is -2.14. The van der Waals surface area contributed by atoms with Crippen LogP contribution in [-0.4, -0.2) is 40.6 Å². The fourth-order valence-electron chi connectivity index (χ4n) is 3.38. The lowest BCUT2D eigenvalue weighted by atomic mass is 10.0. The maximum atomic E-state index is 12.8. The molecule has 0 fully saturated rings. The topological polar surface area (TPSA) is 86.2 Å². The third kappa shape index (κ3) is 5.95. The molecule has 0 aliphatic rings. The van der Waals surface area contributed by atoms with Crippen molar-refractivity contribution in [2.45, 2.75) is 24.3 Å². The van der Waals surface area contributed by atoms with Crippen LogP contribution in [0.15, 0.2) is 71.9 Å². The Morgan fingerprint density at radius 1 is 0.889 bits per heavy atom. The van der Waals surface area contributed by atoms with Crippen molar-refractivity contribution < 1.29 is 14.3 Å². The molecule has 0 radical (unpaired) electrons. The Bertz CT molecular complexity index is 1360. The number of ether oxygens (including phenoxy) is 2. The van der Waals surface area contributed by atoms with Gasteiger partial charge in [-0.3, -0.25) is 4.79 Å². The number of thioether (sulfide) groups is 1. The normalized spacial score (nSPS) is 11.6. The highest BCUT2D eigenvalue weighted by Gasteiger charge is 2.20. The summed E-state index contributed by atoms with van der Waals surface area (Å²) in [6.45, 7) is 3.70. The van der Waals surface area contributed by atoms with Gasteiger partial charge in [0.2, 0.25) is 11.1 Å². The number of carbonyl (C=O) groups excluding carboxylic acids is 1. The number of methoxy groups -OCH3 is 2. The zero-order valence-electron chi connectivity index (χ0n) is 20.3. The molecule has 1 amide bonds. The molecule has 0 bridgehead atoms. The van der Waals surface area contributed by atoms with E-state index in [-0.39, 0.29) is 5.91 Å². The molecule has 4 rings (SSSR count). The molecule has 0 saturated heterocycles. The summed E-state index contributed by atoms with van der Waals surface area (Å²) < 4.78 is 10.6. The lowest BCUT2D eigenvalue weighted by Crippen LogP contribution is -2.22. The molecule has 184 valence electrons. The number of amides is 1. The largest absolute Gasteiger partial charge is 0.497 e. The van der Waals surface area contributed by atoms with Gasteiger partial charge in [0.1, 0.15) is 22.9 Å². The second-order valence-electron chi connectivity index (χ2n) is 7.96. The second kappa shape index (κ2) is 11.4. The number of halogens is 1. The van der Waals surface area contributed by atoms with Gasteiger partial charge >= 0.3 is 0 Å². The minimum Gasteiger partial charge on any atom is -0.497 e. The first-order valence-corrected chi connectivity index (χ1v) is 12.4. The van der Waals surface area contributed by atoms with E-state index in [2.05, 4.69) is 15.5 Å². The Labute approximate surface area is 219 Å². The molecule has 0 aliphatic heterocycles. The first kappa shape index (κ1) is 25.5. The smallest absolute Gasteiger partial charge is 0.237 e. The number of benzene rings is 3. The number of anilines is 1. The lowest BCUT2D eigenvalue weighted by molar-refractivity contribution is -0.115. The van der Waals surface area contributed by atoms with Crippen LogP contribution in [0.4, 0.5) is 5.69 Å². The maximum absolute atomic E-state index is 12.8. The van der Waals surface area contributed by atoms with E-state index in [1.165, 1.54) is 11.8 Å². The number of rotatable bonds is 8. The van der Waals surface area contributed by atoms with Gasteiger partial charge in [0, 0.05) is 21.8 Å². The molecular weight excluding hydrogens is 496 g/mol. The predicted octanol–water partition coefficient (Wildman–Crippen LogP) is 6.30. The van der Waals surface area contributed by atoms with E-state index in [4.69, 9.17) is 26.1 Å². The molecule has 7 nitrogen and oxygen atoms in total. The summed E-state index contributed by atoms with van der Waals surface area (Å²) in [6, 6.07) is 20.5. The zero-order chi connectivity index (χ0) is 25.7. The highest BCUT2D eigenvalue weighted by Crippen LogP contribution is 2.32. The van der Waals surface area contributed by atoms with E-state index < -0.39 is 5.25 Å². The van der Waals surface area contributed by atoms with Gasteiger partial charge in [-0.15, -0.1) is 10.2 Å². The molecule has 0 saturated carbocycles. The number of aromatic nitrogens is 3. The average Bonchev–Trinajstić information content (AvgIpc) is 2.91.